The van der Waals surface area contributed by atoms with Gasteiger partial charge in [0.05, 0.1) is 12.4 Å². The average molecular weight is 355 g/mol. The van der Waals surface area contributed by atoms with Gasteiger partial charge in [0.15, 0.2) is 5.82 Å². The fourth-order valence-corrected chi connectivity index (χ4v) is 4.17. The third-order valence-electron chi connectivity index (χ3n) is 5.57. The van der Waals surface area contributed by atoms with Gasteiger partial charge in [-0.05, 0) is 43.4 Å². The standard InChI is InChI=1S/C19H22FN5O/c20-16-12-22-18(23-13-16)24-10-1-5-19(7-11-24)6-2-17(26)25(19)14-15-3-8-21-9-4-15/h3-4,8-9,12-13H,1-2,5-7,10-11,14H2. The van der Waals surface area contributed by atoms with Crippen LogP contribution in [0.5, 0.6) is 0 Å². The van der Waals surface area contributed by atoms with Crippen molar-refractivity contribution in [2.75, 3.05) is 18.0 Å². The lowest BCUT2D eigenvalue weighted by Gasteiger charge is -2.38. The number of carbonyl (C=O) groups excluding carboxylic acids is 1. The van der Waals surface area contributed by atoms with E-state index in [1.165, 1.54) is 12.4 Å². The lowest BCUT2D eigenvalue weighted by atomic mass is 9.87. The molecule has 2 saturated heterocycles. The Hall–Kier alpha value is -2.57. The molecule has 26 heavy (non-hydrogen) atoms. The maximum atomic E-state index is 13.1. The Morgan fingerprint density at radius 2 is 1.85 bits per heavy atom. The minimum absolute atomic E-state index is 0.102. The van der Waals surface area contributed by atoms with E-state index < -0.39 is 5.82 Å². The van der Waals surface area contributed by atoms with Crippen molar-refractivity contribution in [2.24, 2.45) is 0 Å². The zero-order valence-corrected chi connectivity index (χ0v) is 14.6. The third kappa shape index (κ3) is 3.25. The number of hydrogen-bond donors (Lipinski definition) is 0. The summed E-state index contributed by atoms with van der Waals surface area (Å²) in [5.41, 5.74) is 1.01. The van der Waals surface area contributed by atoms with E-state index >= 15 is 0 Å². The fraction of sp³-hybridized carbons (Fsp3) is 0.474. The first-order valence-corrected chi connectivity index (χ1v) is 9.08. The highest BCUT2D eigenvalue weighted by Crippen LogP contribution is 2.40. The van der Waals surface area contributed by atoms with E-state index in [1.54, 1.807) is 12.4 Å². The normalized spacial score (nSPS) is 23.5. The number of aromatic nitrogens is 3. The van der Waals surface area contributed by atoms with E-state index in [1.807, 2.05) is 12.1 Å². The van der Waals surface area contributed by atoms with E-state index in [-0.39, 0.29) is 11.4 Å². The summed E-state index contributed by atoms with van der Waals surface area (Å²) in [4.78, 5) is 29.0. The summed E-state index contributed by atoms with van der Waals surface area (Å²) >= 11 is 0. The van der Waals surface area contributed by atoms with Crippen LogP contribution in [0.25, 0.3) is 0 Å². The largest absolute Gasteiger partial charge is 0.341 e. The quantitative estimate of drug-likeness (QED) is 0.847. The molecule has 6 nitrogen and oxygen atoms in total. The van der Waals surface area contributed by atoms with Gasteiger partial charge in [0.2, 0.25) is 11.9 Å². The number of amides is 1. The average Bonchev–Trinajstić information content (AvgIpc) is 2.84. The van der Waals surface area contributed by atoms with Crippen LogP contribution in [0.3, 0.4) is 0 Å². The predicted octanol–water partition coefficient (Wildman–Crippen LogP) is 2.56. The molecule has 136 valence electrons. The van der Waals surface area contributed by atoms with Crippen molar-refractivity contribution in [2.45, 2.75) is 44.2 Å². The highest BCUT2D eigenvalue weighted by Gasteiger charge is 2.45. The minimum atomic E-state index is -0.426. The van der Waals surface area contributed by atoms with Gasteiger partial charge < -0.3 is 9.80 Å². The zero-order chi connectivity index (χ0) is 18.0. The van der Waals surface area contributed by atoms with Crippen molar-refractivity contribution in [3.63, 3.8) is 0 Å². The first-order valence-electron chi connectivity index (χ1n) is 9.08. The van der Waals surface area contributed by atoms with Crippen LogP contribution < -0.4 is 4.90 Å². The smallest absolute Gasteiger partial charge is 0.225 e. The summed E-state index contributed by atoms with van der Waals surface area (Å²) in [6.45, 7) is 2.23. The molecule has 0 radical (unpaired) electrons. The first-order chi connectivity index (χ1) is 12.7. The fourth-order valence-electron chi connectivity index (χ4n) is 4.17. The molecule has 0 bridgehead atoms. The van der Waals surface area contributed by atoms with Gasteiger partial charge in [-0.2, -0.15) is 0 Å². The number of carbonyl (C=O) groups is 1. The van der Waals surface area contributed by atoms with Crippen LogP contribution in [0.15, 0.2) is 36.9 Å². The molecule has 1 atom stereocenters. The predicted molar refractivity (Wildman–Crippen MR) is 94.8 cm³/mol. The summed E-state index contributed by atoms with van der Waals surface area (Å²) in [7, 11) is 0. The molecule has 7 heteroatoms. The molecule has 1 amide bonds. The Morgan fingerprint density at radius 1 is 1.08 bits per heavy atom. The number of likely N-dealkylation sites (tertiary alicyclic amines) is 1. The zero-order valence-electron chi connectivity index (χ0n) is 14.6. The van der Waals surface area contributed by atoms with Crippen LogP contribution in [-0.4, -0.2) is 44.4 Å². The molecule has 0 saturated carbocycles. The van der Waals surface area contributed by atoms with E-state index in [4.69, 9.17) is 0 Å². The van der Waals surface area contributed by atoms with E-state index in [0.29, 0.717) is 18.9 Å². The molecule has 4 heterocycles. The molecule has 2 aliphatic heterocycles. The SMILES string of the molecule is O=C1CCC2(CCCN(c3ncc(F)cn3)CC2)N1Cc1ccncc1. The van der Waals surface area contributed by atoms with Crippen LogP contribution in [0.1, 0.15) is 37.7 Å². The van der Waals surface area contributed by atoms with E-state index in [2.05, 4.69) is 24.8 Å². The number of hydrogen-bond acceptors (Lipinski definition) is 5. The van der Waals surface area contributed by atoms with E-state index in [0.717, 1.165) is 44.3 Å². The Morgan fingerprint density at radius 3 is 2.62 bits per heavy atom. The van der Waals surface area contributed by atoms with Crippen molar-refractivity contribution in [1.29, 1.82) is 0 Å². The Kier molecular flexibility index (Phi) is 4.53. The molecule has 0 aliphatic carbocycles. The van der Waals surface area contributed by atoms with Gasteiger partial charge in [0, 0.05) is 44.0 Å². The van der Waals surface area contributed by atoms with Crippen LogP contribution in [0, 0.1) is 5.82 Å². The van der Waals surface area contributed by atoms with Crippen molar-refractivity contribution in [3.05, 3.63) is 48.3 Å². The number of nitrogens with zero attached hydrogens (tertiary/aromatic N) is 5. The highest BCUT2D eigenvalue weighted by molar-refractivity contribution is 5.79. The molecule has 0 N–H and O–H groups in total. The van der Waals surface area contributed by atoms with Gasteiger partial charge in [0.25, 0.3) is 0 Å². The molecule has 2 aromatic heterocycles. The summed E-state index contributed by atoms with van der Waals surface area (Å²) in [5, 5.41) is 0. The molecule has 2 aliphatic rings. The van der Waals surface area contributed by atoms with Gasteiger partial charge in [0.1, 0.15) is 0 Å². The lowest BCUT2D eigenvalue weighted by Crippen LogP contribution is -2.46. The number of halogens is 1. The van der Waals surface area contributed by atoms with Gasteiger partial charge in [-0.3, -0.25) is 9.78 Å². The van der Waals surface area contributed by atoms with Crippen molar-refractivity contribution in [1.82, 2.24) is 19.9 Å². The molecule has 1 spiro atoms. The van der Waals surface area contributed by atoms with Gasteiger partial charge >= 0.3 is 0 Å². The van der Waals surface area contributed by atoms with Crippen LogP contribution in [0.2, 0.25) is 0 Å². The molecule has 2 aromatic rings. The second kappa shape index (κ2) is 6.97. The summed E-state index contributed by atoms with van der Waals surface area (Å²) in [6.07, 6.45) is 10.3. The molecule has 1 unspecified atom stereocenters. The molecular formula is C19H22FN5O. The van der Waals surface area contributed by atoms with E-state index in [9.17, 15) is 9.18 Å². The Bertz CT molecular complexity index is 769. The summed E-state index contributed by atoms with van der Waals surface area (Å²) < 4.78 is 13.1. The van der Waals surface area contributed by atoms with Gasteiger partial charge in [-0.1, -0.05) is 0 Å². The van der Waals surface area contributed by atoms with Crippen LogP contribution >= 0.6 is 0 Å². The maximum absolute atomic E-state index is 13.1. The van der Waals surface area contributed by atoms with Crippen molar-refractivity contribution < 1.29 is 9.18 Å². The van der Waals surface area contributed by atoms with Crippen LogP contribution in [-0.2, 0) is 11.3 Å². The topological polar surface area (TPSA) is 62.2 Å². The number of pyridine rings is 1. The second-order valence-corrected chi connectivity index (χ2v) is 7.10. The summed E-state index contributed by atoms with van der Waals surface area (Å²) in [5.74, 6) is 0.367. The monoisotopic (exact) mass is 355 g/mol. The highest BCUT2D eigenvalue weighted by atomic mass is 19.1. The third-order valence-corrected chi connectivity index (χ3v) is 5.57. The molecule has 2 fully saturated rings. The Balaban J connectivity index is 1.52. The summed E-state index contributed by atoms with van der Waals surface area (Å²) in [6, 6.07) is 3.93. The molecule has 0 aromatic carbocycles. The van der Waals surface area contributed by atoms with Crippen LogP contribution in [0.4, 0.5) is 10.3 Å². The number of anilines is 1. The first kappa shape index (κ1) is 16.9. The maximum Gasteiger partial charge on any atom is 0.225 e. The van der Waals surface area contributed by atoms with Crippen molar-refractivity contribution in [3.8, 4) is 0 Å². The van der Waals surface area contributed by atoms with Gasteiger partial charge in [-0.25, -0.2) is 14.4 Å². The number of rotatable bonds is 3. The minimum Gasteiger partial charge on any atom is -0.341 e. The Labute approximate surface area is 152 Å². The van der Waals surface area contributed by atoms with Gasteiger partial charge in [-0.15, -0.1) is 0 Å². The molecular weight excluding hydrogens is 333 g/mol. The molecule has 4 rings (SSSR count). The van der Waals surface area contributed by atoms with Crippen molar-refractivity contribution >= 4 is 11.9 Å². The second-order valence-electron chi connectivity index (χ2n) is 7.10. The lowest BCUT2D eigenvalue weighted by molar-refractivity contribution is -0.132.